The van der Waals surface area contributed by atoms with Gasteiger partial charge in [-0.15, -0.1) is 0 Å². The zero-order valence-corrected chi connectivity index (χ0v) is 23.6. The summed E-state index contributed by atoms with van der Waals surface area (Å²) in [5, 5.41) is 0. The molecule has 0 aromatic rings. The zero-order chi connectivity index (χ0) is 19.8. The summed E-state index contributed by atoms with van der Waals surface area (Å²) < 4.78 is 0.709. The van der Waals surface area contributed by atoms with Crippen LogP contribution in [0.5, 0.6) is 0 Å². The van der Waals surface area contributed by atoms with Crippen LogP contribution < -0.4 is 0 Å². The molecule has 0 aromatic heterocycles. The molecule has 0 atom stereocenters. The van der Waals surface area contributed by atoms with Gasteiger partial charge in [0, 0.05) is 0 Å². The third-order valence-electron chi connectivity index (χ3n) is 6.45. The normalized spacial score (nSPS) is 12.8. The Morgan fingerprint density at radius 1 is 0.500 bits per heavy atom. The minimum atomic E-state index is 0.709. The molecule has 4 heteroatoms. The zero-order valence-electron chi connectivity index (χ0n) is 19.4. The van der Waals surface area contributed by atoms with Gasteiger partial charge in [0.25, 0.3) is 0 Å². The molecule has 0 heterocycles. The van der Waals surface area contributed by atoms with Crippen LogP contribution in [0.3, 0.4) is 0 Å². The molecule has 0 radical (unpaired) electrons. The number of rotatable bonds is 18. The van der Waals surface area contributed by atoms with Crippen molar-refractivity contribution in [2.75, 3.05) is 58.9 Å². The molecule has 0 amide bonds. The van der Waals surface area contributed by atoms with Crippen molar-refractivity contribution in [2.24, 2.45) is 0 Å². The second-order valence-electron chi connectivity index (χ2n) is 8.20. The Labute approximate surface area is 174 Å². The molecule has 0 saturated carbocycles. The fourth-order valence-corrected chi connectivity index (χ4v) is 6.41. The van der Waals surface area contributed by atoms with Crippen molar-refractivity contribution in [2.45, 2.75) is 84.3 Å². The van der Waals surface area contributed by atoms with Crippen LogP contribution in [0, 0.1) is 0 Å². The first kappa shape index (κ1) is 26.4. The van der Waals surface area contributed by atoms with Crippen molar-refractivity contribution in [3.63, 3.8) is 0 Å². The van der Waals surface area contributed by atoms with Crippen molar-refractivity contribution in [1.29, 1.82) is 0 Å². The molecule has 0 N–H and O–H groups in total. The standard InChI is InChI=1S/C22H51GeN3/c1-7-24(8-2)19-13-16-22(23,17-14-20-25(9-3)10-4)18-15-21-26(11-5)12-6/h7-21H2,1-6,23H3. The maximum absolute atomic E-state index is 2.60. The van der Waals surface area contributed by atoms with E-state index in [1.165, 1.54) is 97.4 Å². The van der Waals surface area contributed by atoms with Gasteiger partial charge in [0.1, 0.15) is 0 Å². The summed E-state index contributed by atoms with van der Waals surface area (Å²) in [4.78, 5) is 7.79. The van der Waals surface area contributed by atoms with Crippen molar-refractivity contribution in [3.05, 3.63) is 0 Å². The fraction of sp³-hybridized carbons (Fsp3) is 1.00. The van der Waals surface area contributed by atoms with E-state index in [0.717, 1.165) is 16.5 Å². The van der Waals surface area contributed by atoms with Crippen LogP contribution in [0.2, 0.25) is 4.25 Å². The second kappa shape index (κ2) is 16.4. The van der Waals surface area contributed by atoms with E-state index in [0.29, 0.717) is 4.25 Å². The van der Waals surface area contributed by atoms with Crippen molar-refractivity contribution < 1.29 is 0 Å². The Kier molecular flexibility index (Phi) is 16.7. The first-order valence-corrected chi connectivity index (χ1v) is 13.7. The third-order valence-corrected chi connectivity index (χ3v) is 9.59. The van der Waals surface area contributed by atoms with E-state index in [1.807, 2.05) is 0 Å². The summed E-state index contributed by atoms with van der Waals surface area (Å²) in [5.41, 5.74) is 0. The van der Waals surface area contributed by atoms with Gasteiger partial charge in [0.05, 0.1) is 0 Å². The van der Waals surface area contributed by atoms with Gasteiger partial charge in [-0.2, -0.15) is 0 Å². The molecule has 26 heavy (non-hydrogen) atoms. The van der Waals surface area contributed by atoms with Crippen LogP contribution in [0.1, 0.15) is 80.1 Å². The predicted octanol–water partition coefficient (Wildman–Crippen LogP) is 3.88. The van der Waals surface area contributed by atoms with E-state index >= 15 is 0 Å². The van der Waals surface area contributed by atoms with Gasteiger partial charge in [-0.05, 0) is 0 Å². The van der Waals surface area contributed by atoms with Crippen LogP contribution >= 0.6 is 0 Å². The van der Waals surface area contributed by atoms with Crippen LogP contribution in [0.25, 0.3) is 0 Å². The average Bonchev–Trinajstić information content (AvgIpc) is 2.66. The molecule has 158 valence electrons. The molecule has 0 rings (SSSR count). The first-order valence-electron chi connectivity index (χ1n) is 11.6. The average molecular weight is 430 g/mol. The molecule has 0 unspecified atom stereocenters. The molecule has 0 aliphatic carbocycles. The van der Waals surface area contributed by atoms with Gasteiger partial charge < -0.3 is 0 Å². The minimum absolute atomic E-state index is 0.709. The van der Waals surface area contributed by atoms with Gasteiger partial charge in [0.15, 0.2) is 0 Å². The Bertz CT molecular complexity index is 254. The molecule has 0 aromatic carbocycles. The van der Waals surface area contributed by atoms with E-state index in [1.54, 1.807) is 0 Å². The maximum atomic E-state index is 2.60. The van der Waals surface area contributed by atoms with E-state index in [-0.39, 0.29) is 0 Å². The van der Waals surface area contributed by atoms with Crippen LogP contribution in [0.15, 0.2) is 0 Å². The molecule has 0 fully saturated rings. The number of hydrogen-bond acceptors (Lipinski definition) is 3. The Morgan fingerprint density at radius 2 is 0.731 bits per heavy atom. The summed E-state index contributed by atoms with van der Waals surface area (Å²) in [6.45, 7) is 25.0. The quantitative estimate of drug-likeness (QED) is 0.306. The van der Waals surface area contributed by atoms with Gasteiger partial charge in [-0.25, -0.2) is 0 Å². The molecule has 0 aliphatic heterocycles. The molecule has 0 aliphatic rings. The molecule has 0 saturated heterocycles. The SMILES string of the molecule is CCN(CC)CCC[C]([GeH3])(CCCN(CC)CC)CCCN(CC)CC. The molecular weight excluding hydrogens is 379 g/mol. The number of hydrogen-bond donors (Lipinski definition) is 0. The van der Waals surface area contributed by atoms with Crippen LogP contribution in [-0.2, 0) is 0 Å². The summed E-state index contributed by atoms with van der Waals surface area (Å²) in [6, 6.07) is 0. The predicted molar refractivity (Wildman–Crippen MR) is 124 cm³/mol. The van der Waals surface area contributed by atoms with Crippen LogP contribution in [0.4, 0.5) is 0 Å². The first-order chi connectivity index (χ1) is 12.5. The summed E-state index contributed by atoms with van der Waals surface area (Å²) in [6.07, 6.45) is 8.62. The molecule has 3 nitrogen and oxygen atoms in total. The Balaban J connectivity index is 4.52. The summed E-state index contributed by atoms with van der Waals surface area (Å²) in [7, 11) is 0. The van der Waals surface area contributed by atoms with Crippen molar-refractivity contribution >= 4 is 16.5 Å². The van der Waals surface area contributed by atoms with E-state index in [2.05, 4.69) is 56.2 Å². The summed E-state index contributed by atoms with van der Waals surface area (Å²) in [5.74, 6) is 0. The summed E-state index contributed by atoms with van der Waals surface area (Å²) >= 11 is 0.926. The fourth-order valence-electron chi connectivity index (χ4n) is 4.18. The molecule has 0 spiro atoms. The van der Waals surface area contributed by atoms with E-state index in [9.17, 15) is 0 Å². The monoisotopic (exact) mass is 431 g/mol. The Morgan fingerprint density at radius 3 is 0.923 bits per heavy atom. The van der Waals surface area contributed by atoms with Crippen molar-refractivity contribution in [3.8, 4) is 0 Å². The molecular formula is C22H51GeN3. The van der Waals surface area contributed by atoms with Gasteiger partial charge in [0.2, 0.25) is 0 Å². The topological polar surface area (TPSA) is 9.72 Å². The van der Waals surface area contributed by atoms with Gasteiger partial charge in [-0.3, -0.25) is 0 Å². The molecule has 0 bridgehead atoms. The second-order valence-corrected chi connectivity index (χ2v) is 12.7. The van der Waals surface area contributed by atoms with E-state index < -0.39 is 0 Å². The van der Waals surface area contributed by atoms with Gasteiger partial charge >= 0.3 is 174 Å². The van der Waals surface area contributed by atoms with Gasteiger partial charge in [-0.1, -0.05) is 0 Å². The van der Waals surface area contributed by atoms with E-state index in [4.69, 9.17) is 0 Å². The Hall–Kier alpha value is 0.423. The van der Waals surface area contributed by atoms with Crippen LogP contribution in [-0.4, -0.2) is 90.1 Å². The third kappa shape index (κ3) is 12.0. The number of nitrogens with zero attached hydrogens (tertiary/aromatic N) is 3. The van der Waals surface area contributed by atoms with Crippen molar-refractivity contribution in [1.82, 2.24) is 14.7 Å².